The zero-order chi connectivity index (χ0) is 14.3. The fourth-order valence-corrected chi connectivity index (χ4v) is 1.65. The first-order chi connectivity index (χ1) is 8.99. The molecule has 5 nitrogen and oxygen atoms in total. The van der Waals surface area contributed by atoms with E-state index in [0.717, 1.165) is 4.47 Å². The minimum absolute atomic E-state index is 0. The quantitative estimate of drug-likeness (QED) is 0.397. The van der Waals surface area contributed by atoms with E-state index in [0.29, 0.717) is 24.6 Å². The predicted molar refractivity (Wildman–Crippen MR) is 91.6 cm³/mol. The SMILES string of the molecule is Br.CC(C)NC(N)=NCCNC(=O)c1ccc(Br)cc1. The first-order valence-corrected chi connectivity index (χ1v) is 6.88. The molecule has 0 aliphatic rings. The molecule has 1 aromatic carbocycles. The Labute approximate surface area is 138 Å². The molecule has 0 saturated heterocycles. The molecule has 0 unspecified atom stereocenters. The lowest BCUT2D eigenvalue weighted by Crippen LogP contribution is -2.37. The fraction of sp³-hybridized carbons (Fsp3) is 0.385. The number of guanidine groups is 1. The summed E-state index contributed by atoms with van der Waals surface area (Å²) in [4.78, 5) is 15.9. The third-order valence-corrected chi connectivity index (χ3v) is 2.75. The second kappa shape index (κ2) is 9.77. The highest BCUT2D eigenvalue weighted by atomic mass is 79.9. The lowest BCUT2D eigenvalue weighted by molar-refractivity contribution is 0.0955. The van der Waals surface area contributed by atoms with E-state index >= 15 is 0 Å². The van der Waals surface area contributed by atoms with Gasteiger partial charge in [0.05, 0.1) is 6.54 Å². The molecule has 0 aliphatic heterocycles. The van der Waals surface area contributed by atoms with Crippen LogP contribution in [0.1, 0.15) is 24.2 Å². The Morgan fingerprint density at radius 1 is 1.35 bits per heavy atom. The number of nitrogens with zero attached hydrogens (tertiary/aromatic N) is 1. The van der Waals surface area contributed by atoms with Crippen molar-refractivity contribution in [2.24, 2.45) is 10.7 Å². The average Bonchev–Trinajstić information content (AvgIpc) is 2.34. The summed E-state index contributed by atoms with van der Waals surface area (Å²) in [6.45, 7) is 4.87. The van der Waals surface area contributed by atoms with Crippen molar-refractivity contribution in [2.45, 2.75) is 19.9 Å². The zero-order valence-corrected chi connectivity index (χ0v) is 14.8. The van der Waals surface area contributed by atoms with E-state index in [1.54, 1.807) is 12.1 Å². The van der Waals surface area contributed by atoms with Gasteiger partial charge in [0.15, 0.2) is 5.96 Å². The smallest absolute Gasteiger partial charge is 0.251 e. The van der Waals surface area contributed by atoms with Crippen molar-refractivity contribution in [3.63, 3.8) is 0 Å². The van der Waals surface area contributed by atoms with Crippen LogP contribution in [0.5, 0.6) is 0 Å². The van der Waals surface area contributed by atoms with Gasteiger partial charge in [0.2, 0.25) is 0 Å². The molecule has 1 aromatic rings. The summed E-state index contributed by atoms with van der Waals surface area (Å²) in [5.41, 5.74) is 6.27. The number of hydrogen-bond acceptors (Lipinski definition) is 2. The van der Waals surface area contributed by atoms with E-state index in [4.69, 9.17) is 5.73 Å². The molecule has 0 saturated carbocycles. The Balaban J connectivity index is 0.00000361. The number of halogens is 2. The molecule has 20 heavy (non-hydrogen) atoms. The molecule has 4 N–H and O–H groups in total. The van der Waals surface area contributed by atoms with E-state index < -0.39 is 0 Å². The van der Waals surface area contributed by atoms with Crippen molar-refractivity contribution in [1.29, 1.82) is 0 Å². The van der Waals surface area contributed by atoms with Gasteiger partial charge in [0.1, 0.15) is 0 Å². The summed E-state index contributed by atoms with van der Waals surface area (Å²) in [5, 5.41) is 5.76. The highest BCUT2D eigenvalue weighted by molar-refractivity contribution is 9.10. The molecule has 0 atom stereocenters. The lowest BCUT2D eigenvalue weighted by Gasteiger charge is -2.08. The number of nitrogens with one attached hydrogen (secondary N) is 2. The van der Waals surface area contributed by atoms with Crippen molar-refractivity contribution in [1.82, 2.24) is 10.6 Å². The maximum absolute atomic E-state index is 11.8. The average molecular weight is 408 g/mol. The van der Waals surface area contributed by atoms with E-state index in [1.165, 1.54) is 0 Å². The maximum Gasteiger partial charge on any atom is 0.251 e. The standard InChI is InChI=1S/C13H19BrN4O.BrH/c1-9(2)18-13(15)17-8-7-16-12(19)10-3-5-11(14)6-4-10;/h3-6,9H,7-8H2,1-2H3,(H,16,19)(H3,15,17,18);1H. The molecule has 0 fully saturated rings. The molecule has 7 heteroatoms. The van der Waals surface area contributed by atoms with Crippen LogP contribution in [-0.2, 0) is 0 Å². The van der Waals surface area contributed by atoms with Gasteiger partial charge in [-0.2, -0.15) is 0 Å². The van der Waals surface area contributed by atoms with Crippen LogP contribution in [0.2, 0.25) is 0 Å². The van der Waals surface area contributed by atoms with Crippen molar-refractivity contribution in [2.75, 3.05) is 13.1 Å². The minimum Gasteiger partial charge on any atom is -0.370 e. The van der Waals surface area contributed by atoms with E-state index in [-0.39, 0.29) is 28.9 Å². The van der Waals surface area contributed by atoms with Gasteiger partial charge < -0.3 is 16.4 Å². The normalized spacial score (nSPS) is 10.9. The number of carbonyl (C=O) groups excluding carboxylic acids is 1. The van der Waals surface area contributed by atoms with Gasteiger partial charge in [-0.3, -0.25) is 9.79 Å². The van der Waals surface area contributed by atoms with Gasteiger partial charge in [-0.15, -0.1) is 17.0 Å². The number of nitrogens with two attached hydrogens (primary N) is 1. The lowest BCUT2D eigenvalue weighted by atomic mass is 10.2. The van der Waals surface area contributed by atoms with Crippen LogP contribution in [0.3, 0.4) is 0 Å². The van der Waals surface area contributed by atoms with Crippen LogP contribution < -0.4 is 16.4 Å². The van der Waals surface area contributed by atoms with Gasteiger partial charge in [-0.05, 0) is 38.1 Å². The highest BCUT2D eigenvalue weighted by Crippen LogP contribution is 2.10. The van der Waals surface area contributed by atoms with E-state index in [1.807, 2.05) is 26.0 Å². The second-order valence-electron chi connectivity index (χ2n) is 4.33. The summed E-state index contributed by atoms with van der Waals surface area (Å²) in [5.74, 6) is 0.283. The van der Waals surface area contributed by atoms with Crippen molar-refractivity contribution in [3.05, 3.63) is 34.3 Å². The molecule has 0 radical (unpaired) electrons. The topological polar surface area (TPSA) is 79.5 Å². The summed E-state index contributed by atoms with van der Waals surface area (Å²) < 4.78 is 0.946. The summed E-state index contributed by atoms with van der Waals surface area (Å²) >= 11 is 3.32. The first kappa shape index (κ1) is 18.9. The summed E-state index contributed by atoms with van der Waals surface area (Å²) in [7, 11) is 0. The Hall–Kier alpha value is -1.08. The second-order valence-corrected chi connectivity index (χ2v) is 5.24. The van der Waals surface area contributed by atoms with Crippen molar-refractivity contribution in [3.8, 4) is 0 Å². The Morgan fingerprint density at radius 3 is 2.50 bits per heavy atom. The van der Waals surface area contributed by atoms with Crippen LogP contribution in [0.25, 0.3) is 0 Å². The summed E-state index contributed by atoms with van der Waals surface area (Å²) in [6, 6.07) is 7.44. The van der Waals surface area contributed by atoms with E-state index in [2.05, 4.69) is 31.6 Å². The molecule has 0 heterocycles. The van der Waals surface area contributed by atoms with Gasteiger partial charge in [0, 0.05) is 22.6 Å². The molecular weight excluding hydrogens is 388 g/mol. The number of benzene rings is 1. The molecule has 0 aliphatic carbocycles. The third-order valence-electron chi connectivity index (χ3n) is 2.22. The molecular formula is C13H20Br2N4O. The van der Waals surface area contributed by atoms with Crippen LogP contribution in [0.15, 0.2) is 33.7 Å². The molecule has 0 spiro atoms. The fourth-order valence-electron chi connectivity index (χ4n) is 1.39. The van der Waals surface area contributed by atoms with Crippen molar-refractivity contribution >= 4 is 44.8 Å². The molecule has 0 bridgehead atoms. The number of aliphatic imine (C=N–C) groups is 1. The van der Waals surface area contributed by atoms with Crippen LogP contribution >= 0.6 is 32.9 Å². The number of carbonyl (C=O) groups is 1. The minimum atomic E-state index is -0.113. The van der Waals surface area contributed by atoms with Crippen LogP contribution in [-0.4, -0.2) is 31.0 Å². The number of rotatable bonds is 5. The van der Waals surface area contributed by atoms with Crippen molar-refractivity contribution < 1.29 is 4.79 Å². The monoisotopic (exact) mass is 406 g/mol. The largest absolute Gasteiger partial charge is 0.370 e. The first-order valence-electron chi connectivity index (χ1n) is 6.09. The van der Waals surface area contributed by atoms with Gasteiger partial charge in [-0.25, -0.2) is 0 Å². The van der Waals surface area contributed by atoms with Gasteiger partial charge >= 0.3 is 0 Å². The number of amides is 1. The summed E-state index contributed by atoms with van der Waals surface area (Å²) in [6.07, 6.45) is 0. The Bertz CT molecular complexity index is 446. The van der Waals surface area contributed by atoms with Gasteiger partial charge in [-0.1, -0.05) is 15.9 Å². The maximum atomic E-state index is 11.8. The molecule has 1 amide bonds. The Kier molecular flexibility index (Phi) is 9.24. The molecule has 112 valence electrons. The predicted octanol–water partition coefficient (Wildman–Crippen LogP) is 2.07. The van der Waals surface area contributed by atoms with E-state index in [9.17, 15) is 4.79 Å². The number of hydrogen-bond donors (Lipinski definition) is 3. The third kappa shape index (κ3) is 7.49. The van der Waals surface area contributed by atoms with Crippen LogP contribution in [0.4, 0.5) is 0 Å². The molecule has 1 rings (SSSR count). The zero-order valence-electron chi connectivity index (χ0n) is 11.5. The molecule has 0 aromatic heterocycles. The highest BCUT2D eigenvalue weighted by Gasteiger charge is 2.03. The Morgan fingerprint density at radius 2 is 1.95 bits per heavy atom. The van der Waals surface area contributed by atoms with Crippen LogP contribution in [0, 0.1) is 0 Å². The van der Waals surface area contributed by atoms with Gasteiger partial charge in [0.25, 0.3) is 5.91 Å².